The lowest BCUT2D eigenvalue weighted by Gasteiger charge is -2.13. The normalized spacial score (nSPS) is 11.2. The van der Waals surface area contributed by atoms with E-state index < -0.39 is 23.3 Å². The van der Waals surface area contributed by atoms with Gasteiger partial charge in [-0.3, -0.25) is 0 Å². The van der Waals surface area contributed by atoms with Gasteiger partial charge in [-0.1, -0.05) is 12.1 Å². The number of ether oxygens (including phenoxy) is 1. The van der Waals surface area contributed by atoms with Crippen LogP contribution in [0.3, 0.4) is 0 Å². The van der Waals surface area contributed by atoms with E-state index in [1.165, 1.54) is 6.07 Å². The highest BCUT2D eigenvalue weighted by atomic mass is 19.4. The number of rotatable bonds is 3. The third-order valence-electron chi connectivity index (χ3n) is 2.75. The minimum atomic E-state index is -4.76. The number of carboxylic acids is 1. The van der Waals surface area contributed by atoms with E-state index in [2.05, 4.69) is 0 Å². The van der Waals surface area contributed by atoms with E-state index >= 15 is 0 Å². The molecule has 0 saturated carbocycles. The quantitative estimate of drug-likeness (QED) is 0.906. The Labute approximate surface area is 118 Å². The summed E-state index contributed by atoms with van der Waals surface area (Å²) in [6.07, 6.45) is -4.76. The summed E-state index contributed by atoms with van der Waals surface area (Å²) in [5, 5.41) is 8.81. The molecular weight excluding hydrogens is 285 g/mol. The molecule has 0 aliphatic carbocycles. The van der Waals surface area contributed by atoms with Gasteiger partial charge in [-0.05, 0) is 42.8 Å². The van der Waals surface area contributed by atoms with E-state index in [0.29, 0.717) is 11.8 Å². The molecule has 1 N–H and O–H groups in total. The number of hydrogen-bond acceptors (Lipinski definition) is 2. The molecule has 0 bridgehead atoms. The van der Waals surface area contributed by atoms with Crippen molar-refractivity contribution < 1.29 is 27.8 Å². The molecule has 0 unspecified atom stereocenters. The Kier molecular flexibility index (Phi) is 3.88. The lowest BCUT2D eigenvalue weighted by atomic mass is 10.1. The van der Waals surface area contributed by atoms with Crippen LogP contribution in [0.1, 0.15) is 21.5 Å². The number of halogens is 3. The number of aryl methyl sites for hydroxylation is 1. The van der Waals surface area contributed by atoms with Crippen LogP contribution in [-0.2, 0) is 6.18 Å². The van der Waals surface area contributed by atoms with Crippen LogP contribution in [0, 0.1) is 6.92 Å². The van der Waals surface area contributed by atoms with Gasteiger partial charge in [0.25, 0.3) is 0 Å². The second-order valence-corrected chi connectivity index (χ2v) is 4.43. The fraction of sp³-hybridized carbons (Fsp3) is 0.133. The largest absolute Gasteiger partial charge is 0.478 e. The summed E-state index contributed by atoms with van der Waals surface area (Å²) in [7, 11) is 0. The molecule has 0 atom stereocenters. The zero-order chi connectivity index (χ0) is 15.6. The highest BCUT2D eigenvalue weighted by molar-refractivity contribution is 5.89. The molecule has 2 aromatic carbocycles. The van der Waals surface area contributed by atoms with E-state index in [1.807, 2.05) is 13.0 Å². The Bertz CT molecular complexity index is 678. The van der Waals surface area contributed by atoms with Crippen molar-refractivity contribution in [3.05, 3.63) is 59.2 Å². The number of alkyl halides is 3. The van der Waals surface area contributed by atoms with Crippen molar-refractivity contribution in [3.8, 4) is 11.5 Å². The second kappa shape index (κ2) is 5.47. The van der Waals surface area contributed by atoms with Crippen molar-refractivity contribution in [2.45, 2.75) is 13.1 Å². The number of carboxylic acid groups (broad SMARTS) is 1. The van der Waals surface area contributed by atoms with Crippen molar-refractivity contribution >= 4 is 5.97 Å². The molecule has 0 radical (unpaired) electrons. The topological polar surface area (TPSA) is 46.5 Å². The summed E-state index contributed by atoms with van der Waals surface area (Å²) in [5.74, 6) is -1.33. The summed E-state index contributed by atoms with van der Waals surface area (Å²) in [5.41, 5.74) is -1.15. The monoisotopic (exact) mass is 296 g/mol. The molecule has 0 spiro atoms. The fourth-order valence-corrected chi connectivity index (χ4v) is 1.82. The van der Waals surface area contributed by atoms with Gasteiger partial charge >= 0.3 is 12.1 Å². The molecule has 0 heterocycles. The lowest BCUT2D eigenvalue weighted by molar-refractivity contribution is -0.138. The van der Waals surface area contributed by atoms with Gasteiger partial charge in [0.15, 0.2) is 0 Å². The summed E-state index contributed by atoms with van der Waals surface area (Å²) < 4.78 is 44.0. The number of hydrogen-bond donors (Lipinski definition) is 1. The van der Waals surface area contributed by atoms with E-state index in [-0.39, 0.29) is 5.75 Å². The maximum absolute atomic E-state index is 12.9. The number of aromatic carboxylic acids is 1. The Morgan fingerprint density at radius 3 is 2.33 bits per heavy atom. The molecule has 2 rings (SSSR count). The van der Waals surface area contributed by atoms with Gasteiger partial charge < -0.3 is 9.84 Å². The van der Waals surface area contributed by atoms with Crippen LogP contribution in [-0.4, -0.2) is 11.1 Å². The summed E-state index contributed by atoms with van der Waals surface area (Å²) in [6, 6.07) is 9.56. The van der Waals surface area contributed by atoms with Crippen LogP contribution in [0.25, 0.3) is 0 Å². The standard InChI is InChI=1S/C15H11F3O3/c1-9-3-2-4-10(7-9)21-11-5-6-12(14(19)20)13(8-11)15(16,17)18/h2-8H,1H3,(H,19,20). The van der Waals surface area contributed by atoms with Crippen molar-refractivity contribution in [2.24, 2.45) is 0 Å². The van der Waals surface area contributed by atoms with Gasteiger partial charge in [-0.15, -0.1) is 0 Å². The zero-order valence-electron chi connectivity index (χ0n) is 10.9. The summed E-state index contributed by atoms with van der Waals surface area (Å²) in [6.45, 7) is 1.82. The van der Waals surface area contributed by atoms with Gasteiger partial charge in [0, 0.05) is 0 Å². The molecule has 0 fully saturated rings. The molecule has 3 nitrogen and oxygen atoms in total. The Morgan fingerprint density at radius 1 is 1.10 bits per heavy atom. The number of carbonyl (C=O) groups is 1. The van der Waals surface area contributed by atoms with Gasteiger partial charge in [-0.2, -0.15) is 13.2 Å². The number of benzene rings is 2. The predicted octanol–water partition coefficient (Wildman–Crippen LogP) is 4.50. The molecule has 0 aliphatic heterocycles. The summed E-state index contributed by atoms with van der Waals surface area (Å²) in [4.78, 5) is 10.8. The minimum absolute atomic E-state index is 0.0714. The van der Waals surface area contributed by atoms with Crippen molar-refractivity contribution in [1.29, 1.82) is 0 Å². The third-order valence-corrected chi connectivity index (χ3v) is 2.75. The summed E-state index contributed by atoms with van der Waals surface area (Å²) >= 11 is 0. The zero-order valence-corrected chi connectivity index (χ0v) is 10.9. The van der Waals surface area contributed by atoms with Gasteiger partial charge in [0.05, 0.1) is 11.1 Å². The van der Waals surface area contributed by atoms with E-state index in [9.17, 15) is 18.0 Å². The van der Waals surface area contributed by atoms with Crippen LogP contribution in [0.4, 0.5) is 13.2 Å². The predicted molar refractivity (Wildman–Crippen MR) is 69.7 cm³/mol. The highest BCUT2D eigenvalue weighted by Crippen LogP contribution is 2.35. The Balaban J connectivity index is 2.40. The molecule has 21 heavy (non-hydrogen) atoms. The van der Waals surface area contributed by atoms with E-state index in [4.69, 9.17) is 9.84 Å². The van der Waals surface area contributed by atoms with Crippen LogP contribution in [0.5, 0.6) is 11.5 Å². The average molecular weight is 296 g/mol. The molecule has 2 aromatic rings. The van der Waals surface area contributed by atoms with Crippen molar-refractivity contribution in [1.82, 2.24) is 0 Å². The first-order chi connectivity index (χ1) is 9.77. The molecule has 0 saturated heterocycles. The third kappa shape index (κ3) is 3.53. The smallest absolute Gasteiger partial charge is 0.417 e. The first-order valence-corrected chi connectivity index (χ1v) is 5.96. The van der Waals surface area contributed by atoms with Crippen molar-refractivity contribution in [3.63, 3.8) is 0 Å². The molecule has 6 heteroatoms. The van der Waals surface area contributed by atoms with Gasteiger partial charge in [-0.25, -0.2) is 4.79 Å². The Hall–Kier alpha value is -2.50. The molecule has 110 valence electrons. The Morgan fingerprint density at radius 2 is 1.76 bits per heavy atom. The SMILES string of the molecule is Cc1cccc(Oc2ccc(C(=O)O)c(C(F)(F)F)c2)c1. The fourth-order valence-electron chi connectivity index (χ4n) is 1.82. The average Bonchev–Trinajstić information content (AvgIpc) is 2.37. The second-order valence-electron chi connectivity index (χ2n) is 4.43. The van der Waals surface area contributed by atoms with Crippen molar-refractivity contribution in [2.75, 3.05) is 0 Å². The van der Waals surface area contributed by atoms with Crippen LogP contribution >= 0.6 is 0 Å². The highest BCUT2D eigenvalue weighted by Gasteiger charge is 2.35. The molecule has 0 amide bonds. The maximum Gasteiger partial charge on any atom is 0.417 e. The van der Waals surface area contributed by atoms with Gasteiger partial charge in [0.1, 0.15) is 11.5 Å². The van der Waals surface area contributed by atoms with Crippen LogP contribution in [0.2, 0.25) is 0 Å². The minimum Gasteiger partial charge on any atom is -0.478 e. The lowest BCUT2D eigenvalue weighted by Crippen LogP contribution is -2.12. The molecule has 0 aliphatic rings. The first kappa shape index (κ1) is 14.9. The first-order valence-electron chi connectivity index (χ1n) is 5.96. The van der Waals surface area contributed by atoms with E-state index in [1.54, 1.807) is 18.2 Å². The van der Waals surface area contributed by atoms with E-state index in [0.717, 1.165) is 11.6 Å². The van der Waals surface area contributed by atoms with Crippen LogP contribution < -0.4 is 4.74 Å². The van der Waals surface area contributed by atoms with Crippen LogP contribution in [0.15, 0.2) is 42.5 Å². The maximum atomic E-state index is 12.9. The van der Waals surface area contributed by atoms with Gasteiger partial charge in [0.2, 0.25) is 0 Å². The molecule has 0 aromatic heterocycles. The molecular formula is C15H11F3O3.